The van der Waals surface area contributed by atoms with Crippen molar-refractivity contribution in [2.45, 2.75) is 53.4 Å². The summed E-state index contributed by atoms with van der Waals surface area (Å²) in [6, 6.07) is 0. The van der Waals surface area contributed by atoms with Crippen molar-refractivity contribution >= 4 is 5.91 Å². The molecule has 1 heterocycles. The summed E-state index contributed by atoms with van der Waals surface area (Å²) in [5.74, 6) is 2.97. The lowest BCUT2D eigenvalue weighted by atomic mass is 9.88. The Morgan fingerprint density at radius 3 is 2.42 bits per heavy atom. The Labute approximate surface area is 118 Å². The third-order valence-corrected chi connectivity index (χ3v) is 4.73. The number of hydrogen-bond acceptors (Lipinski definition) is 2. The van der Waals surface area contributed by atoms with Crippen LogP contribution >= 0.6 is 0 Å². The van der Waals surface area contributed by atoms with E-state index >= 15 is 0 Å². The summed E-state index contributed by atoms with van der Waals surface area (Å²) in [7, 11) is 0. The van der Waals surface area contributed by atoms with Gasteiger partial charge in [0, 0.05) is 19.5 Å². The molecule has 19 heavy (non-hydrogen) atoms. The fourth-order valence-corrected chi connectivity index (χ4v) is 3.05. The lowest BCUT2D eigenvalue weighted by Gasteiger charge is -2.22. The van der Waals surface area contributed by atoms with E-state index in [1.54, 1.807) is 0 Å². The zero-order valence-electron chi connectivity index (χ0n) is 13.2. The van der Waals surface area contributed by atoms with Crippen LogP contribution in [0.15, 0.2) is 0 Å². The molecule has 2 unspecified atom stereocenters. The van der Waals surface area contributed by atoms with Gasteiger partial charge in [-0.3, -0.25) is 4.79 Å². The minimum absolute atomic E-state index is 0.353. The molecule has 2 atom stereocenters. The Bertz CT molecular complexity index is 276. The molecule has 0 aliphatic carbocycles. The lowest BCUT2D eigenvalue weighted by Crippen LogP contribution is -2.30. The highest BCUT2D eigenvalue weighted by Crippen LogP contribution is 2.26. The second-order valence-corrected chi connectivity index (χ2v) is 6.75. The van der Waals surface area contributed by atoms with Gasteiger partial charge in [0.05, 0.1) is 0 Å². The Morgan fingerprint density at radius 1 is 1.26 bits per heavy atom. The molecule has 0 bridgehead atoms. The standard InChI is InChI=1S/C16H32N2O/c1-12(2)14(7-9-17)5-6-16(19)18-10-8-15(11-18)13(3)4/h12-15H,5-11,17H2,1-4H3. The number of nitrogens with zero attached hydrogens (tertiary/aromatic N) is 1. The summed E-state index contributed by atoms with van der Waals surface area (Å²) in [5.41, 5.74) is 5.65. The van der Waals surface area contributed by atoms with Crippen LogP contribution in [0.25, 0.3) is 0 Å². The fourth-order valence-electron chi connectivity index (χ4n) is 3.05. The number of nitrogens with two attached hydrogens (primary N) is 1. The summed E-state index contributed by atoms with van der Waals surface area (Å²) in [4.78, 5) is 14.3. The van der Waals surface area contributed by atoms with E-state index in [1.807, 2.05) is 0 Å². The van der Waals surface area contributed by atoms with E-state index in [1.165, 1.54) is 6.42 Å². The summed E-state index contributed by atoms with van der Waals surface area (Å²) in [5, 5.41) is 0. The van der Waals surface area contributed by atoms with Crippen LogP contribution in [-0.2, 0) is 4.79 Å². The van der Waals surface area contributed by atoms with Gasteiger partial charge in [-0.25, -0.2) is 0 Å². The van der Waals surface area contributed by atoms with Gasteiger partial charge in [-0.05, 0) is 49.5 Å². The van der Waals surface area contributed by atoms with Gasteiger partial charge in [0.15, 0.2) is 0 Å². The molecule has 0 spiro atoms. The van der Waals surface area contributed by atoms with Crippen molar-refractivity contribution in [3.8, 4) is 0 Å². The Hall–Kier alpha value is -0.570. The maximum Gasteiger partial charge on any atom is 0.222 e. The van der Waals surface area contributed by atoms with Gasteiger partial charge >= 0.3 is 0 Å². The average Bonchev–Trinajstić information content (AvgIpc) is 2.83. The number of amides is 1. The SMILES string of the molecule is CC(C)C(CCN)CCC(=O)N1CCC(C(C)C)C1. The largest absolute Gasteiger partial charge is 0.342 e. The van der Waals surface area contributed by atoms with Gasteiger partial charge < -0.3 is 10.6 Å². The third kappa shape index (κ3) is 5.13. The molecule has 1 rings (SSSR count). The number of hydrogen-bond donors (Lipinski definition) is 1. The molecule has 1 amide bonds. The van der Waals surface area contributed by atoms with E-state index in [4.69, 9.17) is 5.73 Å². The van der Waals surface area contributed by atoms with E-state index < -0.39 is 0 Å². The van der Waals surface area contributed by atoms with E-state index in [-0.39, 0.29) is 0 Å². The van der Waals surface area contributed by atoms with E-state index in [9.17, 15) is 4.79 Å². The van der Waals surface area contributed by atoms with Crippen molar-refractivity contribution in [2.24, 2.45) is 29.4 Å². The number of carbonyl (C=O) groups excluding carboxylic acids is 1. The van der Waals surface area contributed by atoms with Crippen molar-refractivity contribution in [1.29, 1.82) is 0 Å². The molecule has 0 radical (unpaired) electrons. The monoisotopic (exact) mass is 268 g/mol. The summed E-state index contributed by atoms with van der Waals surface area (Å²) in [6.45, 7) is 11.6. The van der Waals surface area contributed by atoms with E-state index in [2.05, 4.69) is 32.6 Å². The number of carbonyl (C=O) groups is 1. The molecule has 0 aromatic carbocycles. The normalized spacial score (nSPS) is 21.4. The highest BCUT2D eigenvalue weighted by atomic mass is 16.2. The van der Waals surface area contributed by atoms with Gasteiger partial charge in [-0.15, -0.1) is 0 Å². The topological polar surface area (TPSA) is 46.3 Å². The third-order valence-electron chi connectivity index (χ3n) is 4.73. The first kappa shape index (κ1) is 16.5. The van der Waals surface area contributed by atoms with Crippen molar-refractivity contribution in [3.05, 3.63) is 0 Å². The van der Waals surface area contributed by atoms with Crippen LogP contribution in [0.2, 0.25) is 0 Å². The minimum atomic E-state index is 0.353. The molecule has 2 N–H and O–H groups in total. The molecule has 112 valence electrons. The zero-order chi connectivity index (χ0) is 14.4. The van der Waals surface area contributed by atoms with Gasteiger partial charge in [0.1, 0.15) is 0 Å². The van der Waals surface area contributed by atoms with Crippen molar-refractivity contribution in [3.63, 3.8) is 0 Å². The van der Waals surface area contributed by atoms with Gasteiger partial charge in [0.2, 0.25) is 5.91 Å². The quantitative estimate of drug-likeness (QED) is 0.771. The van der Waals surface area contributed by atoms with E-state index in [0.717, 1.165) is 32.5 Å². The summed E-state index contributed by atoms with van der Waals surface area (Å²) >= 11 is 0. The van der Waals surface area contributed by atoms with Gasteiger partial charge in [-0.2, -0.15) is 0 Å². The molecule has 1 aliphatic heterocycles. The molecular formula is C16H32N2O. The maximum absolute atomic E-state index is 12.2. The number of likely N-dealkylation sites (tertiary alicyclic amines) is 1. The molecule has 1 aliphatic rings. The molecule has 1 saturated heterocycles. The highest BCUT2D eigenvalue weighted by Gasteiger charge is 2.28. The summed E-state index contributed by atoms with van der Waals surface area (Å²) < 4.78 is 0. The van der Waals surface area contributed by atoms with Crippen LogP contribution in [0.4, 0.5) is 0 Å². The molecule has 0 saturated carbocycles. The van der Waals surface area contributed by atoms with Crippen molar-refractivity contribution < 1.29 is 4.79 Å². The Balaban J connectivity index is 2.35. The Kier molecular flexibility index (Phi) is 6.84. The average molecular weight is 268 g/mol. The zero-order valence-corrected chi connectivity index (χ0v) is 13.2. The second-order valence-electron chi connectivity index (χ2n) is 6.75. The van der Waals surface area contributed by atoms with Crippen molar-refractivity contribution in [2.75, 3.05) is 19.6 Å². The predicted molar refractivity (Wildman–Crippen MR) is 80.8 cm³/mol. The number of rotatable bonds is 7. The first-order valence-electron chi connectivity index (χ1n) is 7.93. The van der Waals surface area contributed by atoms with Gasteiger partial charge in [0.25, 0.3) is 0 Å². The minimum Gasteiger partial charge on any atom is -0.342 e. The van der Waals surface area contributed by atoms with Crippen LogP contribution in [0.3, 0.4) is 0 Å². The van der Waals surface area contributed by atoms with Crippen LogP contribution in [-0.4, -0.2) is 30.4 Å². The first-order valence-corrected chi connectivity index (χ1v) is 7.93. The highest BCUT2D eigenvalue weighted by molar-refractivity contribution is 5.76. The first-order chi connectivity index (χ1) is 8.95. The molecule has 1 fully saturated rings. The van der Waals surface area contributed by atoms with Crippen LogP contribution < -0.4 is 5.73 Å². The summed E-state index contributed by atoms with van der Waals surface area (Å²) in [6.07, 6.45) is 3.92. The molecule has 3 heteroatoms. The molecule has 0 aromatic rings. The lowest BCUT2D eigenvalue weighted by molar-refractivity contribution is -0.130. The van der Waals surface area contributed by atoms with E-state index in [0.29, 0.717) is 36.0 Å². The predicted octanol–water partition coefficient (Wildman–Crippen LogP) is 2.89. The maximum atomic E-state index is 12.2. The molecule has 3 nitrogen and oxygen atoms in total. The molecule has 0 aromatic heterocycles. The van der Waals surface area contributed by atoms with Gasteiger partial charge in [-0.1, -0.05) is 27.7 Å². The fraction of sp³-hybridized carbons (Fsp3) is 0.938. The second kappa shape index (κ2) is 7.88. The Morgan fingerprint density at radius 2 is 1.95 bits per heavy atom. The molecular weight excluding hydrogens is 236 g/mol. The van der Waals surface area contributed by atoms with Crippen LogP contribution in [0.1, 0.15) is 53.4 Å². The van der Waals surface area contributed by atoms with Crippen molar-refractivity contribution in [1.82, 2.24) is 4.90 Å². The van der Waals surface area contributed by atoms with Crippen LogP contribution in [0.5, 0.6) is 0 Å². The smallest absolute Gasteiger partial charge is 0.222 e. The van der Waals surface area contributed by atoms with Crippen LogP contribution in [0, 0.1) is 23.7 Å².